The molecule has 0 aromatic heterocycles. The highest BCUT2D eigenvalue weighted by Gasteiger charge is 2.34. The minimum atomic E-state index is -0.373. The van der Waals surface area contributed by atoms with E-state index < -0.39 is 0 Å². The zero-order valence-corrected chi connectivity index (χ0v) is 8.19. The molecule has 1 aliphatic heterocycles. The van der Waals surface area contributed by atoms with Crippen LogP contribution >= 0.6 is 0 Å². The van der Waals surface area contributed by atoms with Crippen LogP contribution in [0.1, 0.15) is 20.3 Å². The maximum atomic E-state index is 10.7. The van der Waals surface area contributed by atoms with Crippen molar-refractivity contribution >= 4 is 6.41 Å². The molecular formula is C9H17NO3. The van der Waals surface area contributed by atoms with Gasteiger partial charge in [-0.05, 0) is 13.8 Å². The van der Waals surface area contributed by atoms with Gasteiger partial charge >= 0.3 is 0 Å². The van der Waals surface area contributed by atoms with E-state index in [2.05, 4.69) is 0 Å². The van der Waals surface area contributed by atoms with Crippen LogP contribution in [0.25, 0.3) is 0 Å². The molecule has 0 radical (unpaired) electrons. The van der Waals surface area contributed by atoms with Crippen LogP contribution in [0.3, 0.4) is 0 Å². The van der Waals surface area contributed by atoms with Crippen LogP contribution in [-0.2, 0) is 9.53 Å². The SMILES string of the molecule is C[C@@H]1COC(C)(CCO)CN1C=O. The highest BCUT2D eigenvalue weighted by molar-refractivity contribution is 5.48. The molecule has 4 heteroatoms. The van der Waals surface area contributed by atoms with Gasteiger partial charge in [-0.2, -0.15) is 0 Å². The number of hydrogen-bond donors (Lipinski definition) is 1. The Balaban J connectivity index is 2.57. The van der Waals surface area contributed by atoms with E-state index in [1.54, 1.807) is 4.90 Å². The first-order valence-electron chi connectivity index (χ1n) is 4.57. The quantitative estimate of drug-likeness (QED) is 0.633. The van der Waals surface area contributed by atoms with Gasteiger partial charge in [-0.25, -0.2) is 0 Å². The number of amides is 1. The van der Waals surface area contributed by atoms with Gasteiger partial charge in [-0.1, -0.05) is 0 Å². The smallest absolute Gasteiger partial charge is 0.210 e. The van der Waals surface area contributed by atoms with Crippen LogP contribution in [0.2, 0.25) is 0 Å². The summed E-state index contributed by atoms with van der Waals surface area (Å²) in [5.41, 5.74) is -0.373. The lowest BCUT2D eigenvalue weighted by molar-refractivity contribution is -0.148. The van der Waals surface area contributed by atoms with E-state index in [4.69, 9.17) is 9.84 Å². The molecule has 1 unspecified atom stereocenters. The fourth-order valence-corrected chi connectivity index (χ4v) is 1.53. The monoisotopic (exact) mass is 187 g/mol. The third-order valence-electron chi connectivity index (χ3n) is 2.53. The first kappa shape index (κ1) is 10.5. The van der Waals surface area contributed by atoms with Crippen molar-refractivity contribution in [2.24, 2.45) is 0 Å². The van der Waals surface area contributed by atoms with E-state index >= 15 is 0 Å². The predicted octanol–water partition coefficient (Wildman–Crippen LogP) is 0.00460. The average molecular weight is 187 g/mol. The maximum Gasteiger partial charge on any atom is 0.210 e. The number of nitrogens with zero attached hydrogens (tertiary/aromatic N) is 1. The molecule has 2 atom stereocenters. The second-order valence-corrected chi connectivity index (χ2v) is 3.86. The van der Waals surface area contributed by atoms with Crippen molar-refractivity contribution in [1.82, 2.24) is 4.90 Å². The molecule has 1 saturated heterocycles. The van der Waals surface area contributed by atoms with Crippen molar-refractivity contribution in [1.29, 1.82) is 0 Å². The molecule has 0 aromatic carbocycles. The van der Waals surface area contributed by atoms with E-state index in [0.717, 1.165) is 6.41 Å². The number of hydrogen-bond acceptors (Lipinski definition) is 3. The van der Waals surface area contributed by atoms with Crippen molar-refractivity contribution in [2.75, 3.05) is 19.8 Å². The van der Waals surface area contributed by atoms with Crippen molar-refractivity contribution in [3.05, 3.63) is 0 Å². The van der Waals surface area contributed by atoms with Gasteiger partial charge in [0.15, 0.2) is 0 Å². The van der Waals surface area contributed by atoms with E-state index in [9.17, 15) is 4.79 Å². The Morgan fingerprint density at radius 2 is 2.46 bits per heavy atom. The summed E-state index contributed by atoms with van der Waals surface area (Å²) in [6, 6.07) is 0.143. The molecule has 0 saturated carbocycles. The lowest BCUT2D eigenvalue weighted by Gasteiger charge is -2.42. The summed E-state index contributed by atoms with van der Waals surface area (Å²) in [5, 5.41) is 8.82. The highest BCUT2D eigenvalue weighted by Crippen LogP contribution is 2.22. The third-order valence-corrected chi connectivity index (χ3v) is 2.53. The van der Waals surface area contributed by atoms with Crippen LogP contribution in [0.5, 0.6) is 0 Å². The van der Waals surface area contributed by atoms with E-state index in [1.807, 2.05) is 13.8 Å². The largest absolute Gasteiger partial charge is 0.396 e. The van der Waals surface area contributed by atoms with Gasteiger partial charge in [-0.15, -0.1) is 0 Å². The zero-order chi connectivity index (χ0) is 9.90. The Hall–Kier alpha value is -0.610. The molecule has 0 aromatic rings. The van der Waals surface area contributed by atoms with Crippen LogP contribution in [0, 0.1) is 0 Å². The summed E-state index contributed by atoms with van der Waals surface area (Å²) in [7, 11) is 0. The van der Waals surface area contributed by atoms with Gasteiger partial charge < -0.3 is 14.7 Å². The first-order valence-corrected chi connectivity index (χ1v) is 4.57. The number of aliphatic hydroxyl groups excluding tert-OH is 1. The van der Waals surface area contributed by atoms with Crippen LogP contribution in [-0.4, -0.2) is 47.8 Å². The maximum absolute atomic E-state index is 10.7. The summed E-state index contributed by atoms with van der Waals surface area (Å²) in [5.74, 6) is 0. The minimum Gasteiger partial charge on any atom is -0.396 e. The predicted molar refractivity (Wildman–Crippen MR) is 48.3 cm³/mol. The van der Waals surface area contributed by atoms with Crippen LogP contribution in [0.4, 0.5) is 0 Å². The molecule has 0 aliphatic carbocycles. The van der Waals surface area contributed by atoms with Crippen molar-refractivity contribution in [3.8, 4) is 0 Å². The molecule has 1 fully saturated rings. The Morgan fingerprint density at radius 1 is 1.77 bits per heavy atom. The summed E-state index contributed by atoms with van der Waals surface area (Å²) >= 11 is 0. The Labute approximate surface area is 78.5 Å². The summed E-state index contributed by atoms with van der Waals surface area (Å²) in [4.78, 5) is 12.4. The molecule has 1 rings (SSSR count). The van der Waals surface area contributed by atoms with Gasteiger partial charge in [0, 0.05) is 19.6 Å². The van der Waals surface area contributed by atoms with Gasteiger partial charge in [0.2, 0.25) is 6.41 Å². The van der Waals surface area contributed by atoms with Crippen molar-refractivity contribution in [2.45, 2.75) is 31.9 Å². The van der Waals surface area contributed by atoms with Crippen LogP contribution in [0.15, 0.2) is 0 Å². The lowest BCUT2D eigenvalue weighted by atomic mass is 9.99. The van der Waals surface area contributed by atoms with E-state index in [0.29, 0.717) is 19.6 Å². The Bertz CT molecular complexity index is 186. The Kier molecular flexibility index (Phi) is 3.27. The Morgan fingerprint density at radius 3 is 3.00 bits per heavy atom. The van der Waals surface area contributed by atoms with Gasteiger partial charge in [0.05, 0.1) is 18.2 Å². The second-order valence-electron chi connectivity index (χ2n) is 3.86. The highest BCUT2D eigenvalue weighted by atomic mass is 16.5. The fourth-order valence-electron chi connectivity index (χ4n) is 1.53. The number of ether oxygens (including phenoxy) is 1. The molecule has 13 heavy (non-hydrogen) atoms. The number of carbonyl (C=O) groups excluding carboxylic acids is 1. The van der Waals surface area contributed by atoms with Gasteiger partial charge in [0.25, 0.3) is 0 Å². The lowest BCUT2D eigenvalue weighted by Crippen LogP contribution is -2.54. The number of carbonyl (C=O) groups is 1. The second kappa shape index (κ2) is 4.07. The zero-order valence-electron chi connectivity index (χ0n) is 8.19. The standard InChI is InChI=1S/C9H17NO3/c1-8-5-13-9(2,3-4-11)6-10(8)7-12/h7-8,11H,3-6H2,1-2H3/t8-,9?/m1/s1. The van der Waals surface area contributed by atoms with Crippen LogP contribution < -0.4 is 0 Å². The molecule has 4 nitrogen and oxygen atoms in total. The van der Waals surface area contributed by atoms with E-state index in [1.165, 1.54) is 0 Å². The molecule has 1 heterocycles. The van der Waals surface area contributed by atoms with Gasteiger partial charge in [-0.3, -0.25) is 4.79 Å². The van der Waals surface area contributed by atoms with E-state index in [-0.39, 0.29) is 18.2 Å². The average Bonchev–Trinajstić information content (AvgIpc) is 2.10. The first-order chi connectivity index (χ1) is 6.11. The molecule has 0 spiro atoms. The normalized spacial score (nSPS) is 34.7. The van der Waals surface area contributed by atoms with Gasteiger partial charge in [0.1, 0.15) is 0 Å². The molecular weight excluding hydrogens is 170 g/mol. The number of aliphatic hydroxyl groups is 1. The van der Waals surface area contributed by atoms with Crippen molar-refractivity contribution < 1.29 is 14.6 Å². The molecule has 1 amide bonds. The summed E-state index contributed by atoms with van der Waals surface area (Å²) in [6.45, 7) is 5.09. The molecule has 1 aliphatic rings. The number of rotatable bonds is 3. The third kappa shape index (κ3) is 2.42. The summed E-state index contributed by atoms with van der Waals surface area (Å²) < 4.78 is 5.59. The minimum absolute atomic E-state index is 0.0948. The fraction of sp³-hybridized carbons (Fsp3) is 0.889. The topological polar surface area (TPSA) is 49.8 Å². The van der Waals surface area contributed by atoms with Crippen molar-refractivity contribution in [3.63, 3.8) is 0 Å². The molecule has 76 valence electrons. The molecule has 1 N–H and O–H groups in total. The summed E-state index contributed by atoms with van der Waals surface area (Å²) in [6.07, 6.45) is 1.42. The number of morpholine rings is 1. The molecule has 0 bridgehead atoms.